The van der Waals surface area contributed by atoms with Gasteiger partial charge in [0.25, 0.3) is 0 Å². The van der Waals surface area contributed by atoms with Gasteiger partial charge in [-0.2, -0.15) is 0 Å². The van der Waals surface area contributed by atoms with Crippen LogP contribution in [0.15, 0.2) is 65.8 Å². The molecule has 2 aromatic carbocycles. The minimum atomic E-state index is -0.152. The highest BCUT2D eigenvalue weighted by molar-refractivity contribution is 7.99. The van der Waals surface area contributed by atoms with E-state index in [4.69, 9.17) is 0 Å². The number of imidazole rings is 1. The van der Waals surface area contributed by atoms with Crippen LogP contribution in [0.25, 0.3) is 0 Å². The van der Waals surface area contributed by atoms with Crippen molar-refractivity contribution in [1.29, 1.82) is 0 Å². The fraction of sp³-hybridized carbons (Fsp3) is 0.320. The summed E-state index contributed by atoms with van der Waals surface area (Å²) in [6.07, 6.45) is 4.14. The summed E-state index contributed by atoms with van der Waals surface area (Å²) < 4.78 is 2.12. The Labute approximate surface area is 193 Å². The molecule has 0 atom stereocenters. The minimum absolute atomic E-state index is 0.0111. The first-order valence-corrected chi connectivity index (χ1v) is 11.9. The molecule has 4 rings (SSSR count). The van der Waals surface area contributed by atoms with E-state index in [1.54, 1.807) is 16.7 Å². The molecule has 1 aliphatic rings. The number of nitrogens with one attached hydrogen (secondary N) is 1. The molecule has 1 N–H and O–H groups in total. The van der Waals surface area contributed by atoms with Gasteiger partial charge in [0.05, 0.1) is 5.69 Å². The van der Waals surface area contributed by atoms with E-state index in [0.717, 1.165) is 33.4 Å². The Kier molecular flexibility index (Phi) is 6.95. The van der Waals surface area contributed by atoms with Crippen LogP contribution < -0.4 is 10.2 Å². The van der Waals surface area contributed by atoms with Gasteiger partial charge in [-0.1, -0.05) is 38.1 Å². The van der Waals surface area contributed by atoms with Crippen molar-refractivity contribution in [3.8, 4) is 0 Å². The highest BCUT2D eigenvalue weighted by Gasteiger charge is 2.23. The van der Waals surface area contributed by atoms with Crippen molar-refractivity contribution < 1.29 is 9.59 Å². The van der Waals surface area contributed by atoms with Crippen LogP contribution in [0.3, 0.4) is 0 Å². The van der Waals surface area contributed by atoms with Crippen LogP contribution in [0.5, 0.6) is 0 Å². The third kappa shape index (κ3) is 5.22. The third-order valence-electron chi connectivity index (χ3n) is 5.42. The molecule has 7 heteroatoms. The first-order valence-electron chi connectivity index (χ1n) is 10.9. The van der Waals surface area contributed by atoms with E-state index in [2.05, 4.69) is 28.7 Å². The number of carbonyl (C=O) groups excluding carboxylic acids is 2. The van der Waals surface area contributed by atoms with Crippen molar-refractivity contribution in [2.45, 2.75) is 44.0 Å². The number of aromatic nitrogens is 2. The van der Waals surface area contributed by atoms with Gasteiger partial charge in [0.2, 0.25) is 11.8 Å². The maximum absolute atomic E-state index is 12.8. The van der Waals surface area contributed by atoms with Gasteiger partial charge < -0.3 is 14.8 Å². The van der Waals surface area contributed by atoms with Crippen molar-refractivity contribution in [1.82, 2.24) is 9.55 Å². The first-order chi connectivity index (χ1) is 15.5. The second kappa shape index (κ2) is 10.0. The smallest absolute Gasteiger partial charge is 0.227 e. The van der Waals surface area contributed by atoms with Gasteiger partial charge in [-0.05, 0) is 29.8 Å². The monoisotopic (exact) mass is 448 g/mol. The molecule has 2 amide bonds. The van der Waals surface area contributed by atoms with Crippen LogP contribution in [0.4, 0.5) is 11.4 Å². The Morgan fingerprint density at radius 2 is 1.97 bits per heavy atom. The molecular formula is C25H28N4O2S. The van der Waals surface area contributed by atoms with Crippen LogP contribution in [0.2, 0.25) is 0 Å². The molecule has 0 radical (unpaired) electrons. The lowest BCUT2D eigenvalue weighted by molar-refractivity contribution is -0.122. The molecule has 0 aliphatic carbocycles. The van der Waals surface area contributed by atoms with Crippen molar-refractivity contribution in [3.05, 3.63) is 72.3 Å². The molecule has 1 aliphatic heterocycles. The highest BCUT2D eigenvalue weighted by atomic mass is 32.2. The van der Waals surface area contributed by atoms with Crippen LogP contribution >= 0.6 is 11.8 Å². The minimum Gasteiger partial charge on any atom is -0.330 e. The maximum atomic E-state index is 12.8. The number of anilines is 2. The Hall–Kier alpha value is -3.06. The average molecular weight is 449 g/mol. The molecule has 0 spiro atoms. The van der Waals surface area contributed by atoms with Gasteiger partial charge in [0.15, 0.2) is 0 Å². The zero-order valence-electron chi connectivity index (χ0n) is 18.5. The number of carbonyl (C=O) groups is 2. The van der Waals surface area contributed by atoms with E-state index in [1.807, 2.05) is 60.9 Å². The summed E-state index contributed by atoms with van der Waals surface area (Å²) in [6.45, 7) is 5.62. The van der Waals surface area contributed by atoms with Gasteiger partial charge in [-0.25, -0.2) is 4.98 Å². The average Bonchev–Trinajstić information content (AvgIpc) is 3.26. The molecule has 166 valence electrons. The summed E-state index contributed by atoms with van der Waals surface area (Å²) in [7, 11) is 0. The van der Waals surface area contributed by atoms with Crippen LogP contribution in [-0.2, 0) is 16.1 Å². The lowest BCUT2D eigenvalue weighted by Crippen LogP contribution is -2.35. The molecule has 0 bridgehead atoms. The predicted molar refractivity (Wildman–Crippen MR) is 129 cm³/mol. The summed E-state index contributed by atoms with van der Waals surface area (Å²) in [5.74, 6) is 2.09. The van der Waals surface area contributed by atoms with Gasteiger partial charge in [0, 0.05) is 60.6 Å². The van der Waals surface area contributed by atoms with E-state index < -0.39 is 0 Å². The Bertz CT molecular complexity index is 1110. The number of amides is 2. The number of thioether (sulfide) groups is 1. The summed E-state index contributed by atoms with van der Waals surface area (Å²) in [5.41, 5.74) is 2.77. The zero-order chi connectivity index (χ0) is 22.5. The van der Waals surface area contributed by atoms with Gasteiger partial charge >= 0.3 is 0 Å². The normalized spacial score (nSPS) is 13.2. The number of rotatable bonds is 7. The number of nitrogens with zero attached hydrogens (tertiary/aromatic N) is 3. The van der Waals surface area contributed by atoms with Crippen molar-refractivity contribution in [3.63, 3.8) is 0 Å². The van der Waals surface area contributed by atoms with E-state index in [9.17, 15) is 9.59 Å². The summed E-state index contributed by atoms with van der Waals surface area (Å²) in [5, 5.41) is 2.94. The quantitative estimate of drug-likeness (QED) is 0.558. The molecule has 6 nitrogen and oxygen atoms in total. The second-order valence-corrected chi connectivity index (χ2v) is 9.31. The van der Waals surface area contributed by atoms with Crippen molar-refractivity contribution >= 4 is 35.0 Å². The maximum Gasteiger partial charge on any atom is 0.227 e. The van der Waals surface area contributed by atoms with E-state index in [-0.39, 0.29) is 24.7 Å². The highest BCUT2D eigenvalue weighted by Crippen LogP contribution is 2.34. The summed E-state index contributed by atoms with van der Waals surface area (Å²) >= 11 is 1.76. The number of fused-ring (bicyclic) bond motifs is 1. The topological polar surface area (TPSA) is 67.2 Å². The molecule has 3 aromatic rings. The molecule has 0 saturated heterocycles. The lowest BCUT2D eigenvalue weighted by Gasteiger charge is -2.29. The number of hydrogen-bond donors (Lipinski definition) is 1. The molecule has 32 heavy (non-hydrogen) atoms. The third-order valence-corrected chi connectivity index (χ3v) is 6.47. The van der Waals surface area contributed by atoms with E-state index in [1.165, 1.54) is 0 Å². The zero-order valence-corrected chi connectivity index (χ0v) is 19.3. The standard InChI is InChI=1S/C25H28N4O2S/c1-18(2)25-26-12-13-28(25)17-19-6-5-7-20(16-19)27-23(30)10-11-24(31)29-14-15-32-22-9-4-3-8-21(22)29/h3-9,12-13,16,18H,10-11,14-15,17H2,1-2H3,(H,27,30). The van der Waals surface area contributed by atoms with Gasteiger partial charge in [-0.15, -0.1) is 11.8 Å². The molecule has 0 saturated carbocycles. The molecule has 0 unspecified atom stereocenters. The molecule has 2 heterocycles. The fourth-order valence-corrected chi connectivity index (χ4v) is 4.90. The summed E-state index contributed by atoms with van der Waals surface area (Å²) in [4.78, 5) is 32.6. The van der Waals surface area contributed by atoms with Crippen LogP contribution in [0, 0.1) is 0 Å². The van der Waals surface area contributed by atoms with Gasteiger partial charge in [-0.3, -0.25) is 9.59 Å². The molecule has 0 fully saturated rings. The number of hydrogen-bond acceptors (Lipinski definition) is 4. The van der Waals surface area contributed by atoms with E-state index >= 15 is 0 Å². The van der Waals surface area contributed by atoms with Crippen LogP contribution in [0.1, 0.15) is 44.0 Å². The fourth-order valence-electron chi connectivity index (χ4n) is 3.91. The number of benzene rings is 2. The van der Waals surface area contributed by atoms with Crippen molar-refractivity contribution in [2.75, 3.05) is 22.5 Å². The number of para-hydroxylation sites is 1. The van der Waals surface area contributed by atoms with E-state index in [0.29, 0.717) is 19.0 Å². The first kappa shape index (κ1) is 22.1. The SMILES string of the molecule is CC(C)c1nccn1Cc1cccc(NC(=O)CCC(=O)N2CCSc3ccccc32)c1. The largest absolute Gasteiger partial charge is 0.330 e. The lowest BCUT2D eigenvalue weighted by atomic mass is 10.1. The predicted octanol–water partition coefficient (Wildman–Crippen LogP) is 4.91. The molecular weight excluding hydrogens is 420 g/mol. The Morgan fingerprint density at radius 1 is 1.12 bits per heavy atom. The second-order valence-electron chi connectivity index (χ2n) is 8.18. The Balaban J connectivity index is 1.33. The summed E-state index contributed by atoms with van der Waals surface area (Å²) in [6, 6.07) is 15.7. The van der Waals surface area contributed by atoms with Crippen LogP contribution in [-0.4, -0.2) is 33.7 Å². The van der Waals surface area contributed by atoms with Crippen molar-refractivity contribution in [2.24, 2.45) is 0 Å². The van der Waals surface area contributed by atoms with Gasteiger partial charge in [0.1, 0.15) is 5.82 Å². The Morgan fingerprint density at radius 3 is 2.81 bits per heavy atom. The molecule has 1 aromatic heterocycles.